The van der Waals surface area contributed by atoms with Gasteiger partial charge in [0.05, 0.1) is 6.04 Å². The van der Waals surface area contributed by atoms with Gasteiger partial charge in [-0.25, -0.2) is 0 Å². The number of rotatable bonds is 7. The molecule has 0 aliphatic carbocycles. The lowest BCUT2D eigenvalue weighted by molar-refractivity contribution is 0.124. The first-order chi connectivity index (χ1) is 8.49. The van der Waals surface area contributed by atoms with Gasteiger partial charge in [0.25, 0.3) is 0 Å². The third-order valence-corrected chi connectivity index (χ3v) is 4.35. The Morgan fingerprint density at radius 3 is 2.44 bits per heavy atom. The van der Waals surface area contributed by atoms with Crippen LogP contribution in [0.5, 0.6) is 0 Å². The number of aryl methyl sites for hydroxylation is 1. The van der Waals surface area contributed by atoms with E-state index in [0.29, 0.717) is 6.04 Å². The largest absolute Gasteiger partial charge is 0.396 e. The van der Waals surface area contributed by atoms with Crippen LogP contribution in [0.3, 0.4) is 0 Å². The van der Waals surface area contributed by atoms with Gasteiger partial charge < -0.3 is 10.8 Å². The molecule has 0 bridgehead atoms. The van der Waals surface area contributed by atoms with E-state index >= 15 is 0 Å². The maximum Gasteiger partial charge on any atom is 0.0595 e. The van der Waals surface area contributed by atoms with Crippen LogP contribution in [0, 0.1) is 6.92 Å². The standard InChI is InChI=1S/C14H26N2OS/c1-10(2)16(7-5-8-17)13(12(4)15)14-11(3)6-9-18-14/h6,9-10,12-13,17H,5,7-8,15H2,1-4H3. The van der Waals surface area contributed by atoms with Gasteiger partial charge in [-0.2, -0.15) is 0 Å². The normalized spacial score (nSPS) is 15.3. The molecule has 0 saturated heterocycles. The highest BCUT2D eigenvalue weighted by atomic mass is 32.1. The summed E-state index contributed by atoms with van der Waals surface area (Å²) in [4.78, 5) is 3.76. The SMILES string of the molecule is Cc1ccsc1C(C(C)N)N(CCCO)C(C)C. The molecule has 0 radical (unpaired) electrons. The van der Waals surface area contributed by atoms with Crippen LogP contribution in [-0.4, -0.2) is 35.2 Å². The molecule has 3 N–H and O–H groups in total. The summed E-state index contributed by atoms with van der Waals surface area (Å²) < 4.78 is 0. The average molecular weight is 270 g/mol. The Balaban J connectivity index is 2.97. The van der Waals surface area contributed by atoms with Crippen molar-refractivity contribution in [1.82, 2.24) is 4.90 Å². The molecule has 3 nitrogen and oxygen atoms in total. The first kappa shape index (κ1) is 15.6. The van der Waals surface area contributed by atoms with Crippen molar-refractivity contribution in [2.75, 3.05) is 13.2 Å². The monoisotopic (exact) mass is 270 g/mol. The third-order valence-electron chi connectivity index (χ3n) is 3.26. The highest BCUT2D eigenvalue weighted by molar-refractivity contribution is 7.10. The van der Waals surface area contributed by atoms with Gasteiger partial charge in [-0.1, -0.05) is 0 Å². The summed E-state index contributed by atoms with van der Waals surface area (Å²) >= 11 is 1.78. The summed E-state index contributed by atoms with van der Waals surface area (Å²) in [6.45, 7) is 9.71. The minimum absolute atomic E-state index is 0.0865. The summed E-state index contributed by atoms with van der Waals surface area (Å²) in [6.07, 6.45) is 0.797. The smallest absolute Gasteiger partial charge is 0.0595 e. The van der Waals surface area contributed by atoms with E-state index in [-0.39, 0.29) is 18.7 Å². The highest BCUT2D eigenvalue weighted by Gasteiger charge is 2.27. The summed E-state index contributed by atoms with van der Waals surface area (Å²) in [5.74, 6) is 0. The quantitative estimate of drug-likeness (QED) is 0.800. The molecule has 0 fully saturated rings. The summed E-state index contributed by atoms with van der Waals surface area (Å²) in [5, 5.41) is 11.2. The zero-order valence-electron chi connectivity index (χ0n) is 11.9. The Hall–Kier alpha value is -0.420. The van der Waals surface area contributed by atoms with Gasteiger partial charge in [-0.05, 0) is 51.1 Å². The molecule has 0 aliphatic heterocycles. The second-order valence-corrected chi connectivity index (χ2v) is 6.13. The Bertz CT molecular complexity index is 349. The Morgan fingerprint density at radius 2 is 2.06 bits per heavy atom. The maximum atomic E-state index is 9.05. The van der Waals surface area contributed by atoms with Gasteiger partial charge in [0, 0.05) is 30.1 Å². The Kier molecular flexibility index (Phi) is 6.29. The number of nitrogens with two attached hydrogens (primary N) is 1. The maximum absolute atomic E-state index is 9.05. The van der Waals surface area contributed by atoms with Crippen LogP contribution in [0.1, 0.15) is 43.7 Å². The second kappa shape index (κ2) is 7.24. The Labute approximate surface area is 115 Å². The number of hydrogen-bond donors (Lipinski definition) is 2. The molecule has 1 aromatic heterocycles. The van der Waals surface area contributed by atoms with Crippen LogP contribution in [0.4, 0.5) is 0 Å². The average Bonchev–Trinajstić information content (AvgIpc) is 2.69. The van der Waals surface area contributed by atoms with E-state index in [4.69, 9.17) is 10.8 Å². The lowest BCUT2D eigenvalue weighted by Gasteiger charge is -2.37. The predicted molar refractivity (Wildman–Crippen MR) is 79.0 cm³/mol. The van der Waals surface area contributed by atoms with E-state index in [9.17, 15) is 0 Å². The summed E-state index contributed by atoms with van der Waals surface area (Å²) in [6, 6.07) is 2.91. The van der Waals surface area contributed by atoms with Crippen molar-refractivity contribution < 1.29 is 5.11 Å². The molecule has 4 heteroatoms. The predicted octanol–water partition coefficient (Wildman–Crippen LogP) is 2.54. The molecule has 1 aromatic rings. The number of aliphatic hydroxyl groups is 1. The molecule has 0 saturated carbocycles. The summed E-state index contributed by atoms with van der Waals surface area (Å²) in [7, 11) is 0. The number of aliphatic hydroxyl groups excluding tert-OH is 1. The zero-order chi connectivity index (χ0) is 13.7. The molecule has 0 spiro atoms. The van der Waals surface area contributed by atoms with Gasteiger partial charge in [0.15, 0.2) is 0 Å². The fourth-order valence-electron chi connectivity index (χ4n) is 2.35. The highest BCUT2D eigenvalue weighted by Crippen LogP contribution is 2.32. The number of nitrogens with zero attached hydrogens (tertiary/aromatic N) is 1. The first-order valence-corrected chi connectivity index (χ1v) is 7.53. The topological polar surface area (TPSA) is 49.5 Å². The lowest BCUT2D eigenvalue weighted by Crippen LogP contribution is -2.43. The second-order valence-electron chi connectivity index (χ2n) is 5.18. The molecular weight excluding hydrogens is 244 g/mol. The molecule has 2 atom stereocenters. The van der Waals surface area contributed by atoms with Gasteiger partial charge in [0.2, 0.25) is 0 Å². The van der Waals surface area contributed by atoms with Crippen molar-refractivity contribution in [1.29, 1.82) is 0 Å². The minimum Gasteiger partial charge on any atom is -0.396 e. The zero-order valence-corrected chi connectivity index (χ0v) is 12.7. The van der Waals surface area contributed by atoms with Crippen molar-refractivity contribution in [3.8, 4) is 0 Å². The van der Waals surface area contributed by atoms with E-state index in [1.807, 2.05) is 0 Å². The van der Waals surface area contributed by atoms with Crippen LogP contribution in [0.25, 0.3) is 0 Å². The Morgan fingerprint density at radius 1 is 1.39 bits per heavy atom. The summed E-state index contributed by atoms with van der Waals surface area (Å²) in [5.41, 5.74) is 7.53. The molecular formula is C14H26N2OS. The van der Waals surface area contributed by atoms with Gasteiger partial charge in [-0.3, -0.25) is 4.90 Å². The molecule has 18 heavy (non-hydrogen) atoms. The van der Waals surface area contributed by atoms with Crippen LogP contribution in [0.15, 0.2) is 11.4 Å². The van der Waals surface area contributed by atoms with Crippen molar-refractivity contribution in [2.45, 2.75) is 52.2 Å². The molecule has 1 rings (SSSR count). The van der Waals surface area contributed by atoms with Crippen molar-refractivity contribution in [2.24, 2.45) is 5.73 Å². The molecule has 0 amide bonds. The fraction of sp³-hybridized carbons (Fsp3) is 0.714. The number of thiophene rings is 1. The van der Waals surface area contributed by atoms with E-state index in [1.165, 1.54) is 10.4 Å². The van der Waals surface area contributed by atoms with Crippen molar-refractivity contribution in [3.63, 3.8) is 0 Å². The molecule has 104 valence electrons. The van der Waals surface area contributed by atoms with E-state index in [1.54, 1.807) is 11.3 Å². The van der Waals surface area contributed by atoms with E-state index in [2.05, 4.69) is 44.0 Å². The van der Waals surface area contributed by atoms with Gasteiger partial charge >= 0.3 is 0 Å². The van der Waals surface area contributed by atoms with E-state index in [0.717, 1.165) is 13.0 Å². The van der Waals surface area contributed by atoms with E-state index < -0.39 is 0 Å². The minimum atomic E-state index is 0.0865. The molecule has 0 aromatic carbocycles. The molecule has 0 aliphatic rings. The van der Waals surface area contributed by atoms with Crippen molar-refractivity contribution >= 4 is 11.3 Å². The van der Waals surface area contributed by atoms with Gasteiger partial charge in [0.1, 0.15) is 0 Å². The fourth-order valence-corrected chi connectivity index (χ4v) is 3.51. The van der Waals surface area contributed by atoms with Crippen LogP contribution < -0.4 is 5.73 Å². The van der Waals surface area contributed by atoms with Crippen LogP contribution >= 0.6 is 11.3 Å². The third kappa shape index (κ3) is 3.79. The number of hydrogen-bond acceptors (Lipinski definition) is 4. The van der Waals surface area contributed by atoms with Crippen LogP contribution in [-0.2, 0) is 0 Å². The first-order valence-electron chi connectivity index (χ1n) is 6.65. The van der Waals surface area contributed by atoms with Gasteiger partial charge in [-0.15, -0.1) is 11.3 Å². The molecule has 2 unspecified atom stereocenters. The van der Waals surface area contributed by atoms with Crippen LogP contribution in [0.2, 0.25) is 0 Å². The molecule has 1 heterocycles. The van der Waals surface area contributed by atoms with Crippen molar-refractivity contribution in [3.05, 3.63) is 21.9 Å². The lowest BCUT2D eigenvalue weighted by atomic mass is 10.0.